The number of rotatable bonds is 4. The zero-order chi connectivity index (χ0) is 13.2. The van der Waals surface area contributed by atoms with Crippen molar-refractivity contribution in [3.05, 3.63) is 22.8 Å². The van der Waals surface area contributed by atoms with E-state index in [9.17, 15) is 0 Å². The van der Waals surface area contributed by atoms with Gasteiger partial charge < -0.3 is 10.6 Å². The molecule has 0 unspecified atom stereocenters. The highest BCUT2D eigenvalue weighted by molar-refractivity contribution is 6.33. The highest BCUT2D eigenvalue weighted by Gasteiger charge is 2.36. The van der Waals surface area contributed by atoms with Gasteiger partial charge in [0.25, 0.3) is 0 Å². The second kappa shape index (κ2) is 5.45. The minimum absolute atomic E-state index is 0.442. The summed E-state index contributed by atoms with van der Waals surface area (Å²) < 4.78 is 0. The Morgan fingerprint density at radius 3 is 2.67 bits per heavy atom. The van der Waals surface area contributed by atoms with Crippen molar-refractivity contribution in [1.29, 1.82) is 0 Å². The average molecular weight is 268 g/mol. The Bertz CT molecular complexity index is 416. The van der Waals surface area contributed by atoms with E-state index in [0.29, 0.717) is 12.0 Å². The summed E-state index contributed by atoms with van der Waals surface area (Å²) in [6, 6.07) is 1.93. The molecule has 3 nitrogen and oxygen atoms in total. The lowest BCUT2D eigenvalue weighted by Gasteiger charge is -2.27. The monoisotopic (exact) mass is 267 g/mol. The molecule has 18 heavy (non-hydrogen) atoms. The van der Waals surface area contributed by atoms with Crippen LogP contribution in [0.4, 0.5) is 5.82 Å². The number of pyridine rings is 1. The summed E-state index contributed by atoms with van der Waals surface area (Å²) in [5.74, 6) is 0.914. The third-order valence-electron chi connectivity index (χ3n) is 4.35. The first kappa shape index (κ1) is 13.6. The SMILES string of the molecule is CCC1(CC)CCN(c2ncc(CN)cc2Cl)C1. The highest BCUT2D eigenvalue weighted by Crippen LogP contribution is 2.40. The van der Waals surface area contributed by atoms with Gasteiger partial charge in [0.15, 0.2) is 0 Å². The van der Waals surface area contributed by atoms with Crippen molar-refractivity contribution in [2.24, 2.45) is 11.1 Å². The predicted molar refractivity (Wildman–Crippen MR) is 77.0 cm³/mol. The molecule has 1 aliphatic rings. The maximum atomic E-state index is 6.31. The van der Waals surface area contributed by atoms with Crippen LogP contribution in [0.3, 0.4) is 0 Å². The van der Waals surface area contributed by atoms with Gasteiger partial charge in [0.05, 0.1) is 5.02 Å². The van der Waals surface area contributed by atoms with Crippen LogP contribution in [0.25, 0.3) is 0 Å². The van der Waals surface area contributed by atoms with E-state index in [2.05, 4.69) is 23.7 Å². The predicted octanol–water partition coefficient (Wildman–Crippen LogP) is 3.21. The van der Waals surface area contributed by atoms with Crippen molar-refractivity contribution in [3.63, 3.8) is 0 Å². The van der Waals surface area contributed by atoms with Gasteiger partial charge in [-0.15, -0.1) is 0 Å². The first-order chi connectivity index (χ1) is 8.64. The number of hydrogen-bond acceptors (Lipinski definition) is 3. The van der Waals surface area contributed by atoms with Crippen LogP contribution in [-0.4, -0.2) is 18.1 Å². The normalized spacial score (nSPS) is 18.3. The average Bonchev–Trinajstić information content (AvgIpc) is 2.83. The lowest BCUT2D eigenvalue weighted by atomic mass is 9.82. The summed E-state index contributed by atoms with van der Waals surface area (Å²) in [7, 11) is 0. The summed E-state index contributed by atoms with van der Waals surface area (Å²) in [6.45, 7) is 7.16. The van der Waals surface area contributed by atoms with Crippen molar-refractivity contribution >= 4 is 17.4 Å². The fourth-order valence-corrected chi connectivity index (χ4v) is 3.07. The number of halogens is 1. The van der Waals surface area contributed by atoms with Gasteiger partial charge in [-0.2, -0.15) is 0 Å². The van der Waals surface area contributed by atoms with E-state index in [-0.39, 0.29) is 0 Å². The fourth-order valence-electron chi connectivity index (χ4n) is 2.76. The Kier molecular flexibility index (Phi) is 4.13. The fraction of sp³-hybridized carbons (Fsp3) is 0.643. The summed E-state index contributed by atoms with van der Waals surface area (Å²) >= 11 is 6.31. The first-order valence-electron chi connectivity index (χ1n) is 6.73. The smallest absolute Gasteiger partial charge is 0.147 e. The van der Waals surface area contributed by atoms with Crippen LogP contribution in [0.5, 0.6) is 0 Å². The molecule has 1 aromatic rings. The molecule has 0 amide bonds. The minimum Gasteiger partial charge on any atom is -0.355 e. The molecule has 2 rings (SSSR count). The summed E-state index contributed by atoms with van der Waals surface area (Å²) in [4.78, 5) is 6.79. The molecule has 100 valence electrons. The van der Waals surface area contributed by atoms with Crippen molar-refractivity contribution in [1.82, 2.24) is 4.98 Å². The standard InChI is InChI=1S/C14H22ClN3/c1-3-14(4-2)5-6-18(10-14)13-12(15)7-11(8-16)9-17-13/h7,9H,3-6,8,10,16H2,1-2H3. The summed E-state index contributed by atoms with van der Waals surface area (Å²) in [5.41, 5.74) is 7.02. The van der Waals surface area contributed by atoms with Gasteiger partial charge >= 0.3 is 0 Å². The quantitative estimate of drug-likeness (QED) is 0.911. The molecular formula is C14H22ClN3. The second-order valence-electron chi connectivity index (χ2n) is 5.23. The molecule has 0 aliphatic carbocycles. The van der Waals surface area contributed by atoms with E-state index < -0.39 is 0 Å². The van der Waals surface area contributed by atoms with E-state index in [1.54, 1.807) is 0 Å². The summed E-state index contributed by atoms with van der Waals surface area (Å²) in [6.07, 6.45) is 5.51. The number of anilines is 1. The van der Waals surface area contributed by atoms with Crippen LogP contribution >= 0.6 is 11.6 Å². The largest absolute Gasteiger partial charge is 0.355 e. The van der Waals surface area contributed by atoms with Gasteiger partial charge in [-0.3, -0.25) is 0 Å². The molecule has 1 aliphatic heterocycles. The van der Waals surface area contributed by atoms with Crippen LogP contribution in [0.2, 0.25) is 5.02 Å². The molecule has 0 bridgehead atoms. The van der Waals surface area contributed by atoms with E-state index in [4.69, 9.17) is 17.3 Å². The lowest BCUT2D eigenvalue weighted by Crippen LogP contribution is -2.27. The van der Waals surface area contributed by atoms with E-state index in [1.807, 2.05) is 12.3 Å². The molecule has 0 atom stereocenters. The van der Waals surface area contributed by atoms with Crippen LogP contribution in [0.1, 0.15) is 38.7 Å². The van der Waals surface area contributed by atoms with E-state index in [0.717, 1.165) is 29.5 Å². The zero-order valence-electron chi connectivity index (χ0n) is 11.2. The van der Waals surface area contributed by atoms with Crippen LogP contribution in [-0.2, 0) is 6.54 Å². The van der Waals surface area contributed by atoms with Crippen LogP contribution < -0.4 is 10.6 Å². The van der Waals surface area contributed by atoms with Gasteiger partial charge in [0.1, 0.15) is 5.82 Å². The van der Waals surface area contributed by atoms with Crippen molar-refractivity contribution in [3.8, 4) is 0 Å². The Hall–Kier alpha value is -0.800. The number of hydrogen-bond donors (Lipinski definition) is 1. The molecule has 0 radical (unpaired) electrons. The Morgan fingerprint density at radius 1 is 1.44 bits per heavy atom. The lowest BCUT2D eigenvalue weighted by molar-refractivity contribution is 0.301. The summed E-state index contributed by atoms with van der Waals surface area (Å²) in [5, 5.41) is 0.723. The second-order valence-corrected chi connectivity index (χ2v) is 5.64. The maximum absolute atomic E-state index is 6.31. The molecule has 1 fully saturated rings. The molecule has 1 aromatic heterocycles. The number of aromatic nitrogens is 1. The van der Waals surface area contributed by atoms with Crippen molar-refractivity contribution < 1.29 is 0 Å². The molecule has 2 heterocycles. The van der Waals surface area contributed by atoms with Gasteiger partial charge in [0, 0.05) is 25.8 Å². The van der Waals surface area contributed by atoms with Crippen LogP contribution in [0.15, 0.2) is 12.3 Å². The maximum Gasteiger partial charge on any atom is 0.147 e. The molecule has 0 aromatic carbocycles. The Labute approximate surface area is 114 Å². The van der Waals surface area contributed by atoms with E-state index >= 15 is 0 Å². The molecule has 0 spiro atoms. The zero-order valence-corrected chi connectivity index (χ0v) is 12.0. The third-order valence-corrected chi connectivity index (χ3v) is 4.63. The topological polar surface area (TPSA) is 42.2 Å². The molecule has 1 saturated heterocycles. The number of nitrogens with two attached hydrogens (primary N) is 1. The van der Waals surface area contributed by atoms with Gasteiger partial charge in [-0.05, 0) is 36.3 Å². The molecule has 2 N–H and O–H groups in total. The Balaban J connectivity index is 2.19. The molecule has 0 saturated carbocycles. The minimum atomic E-state index is 0.442. The Morgan fingerprint density at radius 2 is 2.17 bits per heavy atom. The van der Waals surface area contributed by atoms with Crippen LogP contribution in [0, 0.1) is 5.41 Å². The molecule has 4 heteroatoms. The van der Waals surface area contributed by atoms with Crippen molar-refractivity contribution in [2.75, 3.05) is 18.0 Å². The van der Waals surface area contributed by atoms with Gasteiger partial charge in [-0.25, -0.2) is 4.98 Å². The van der Waals surface area contributed by atoms with Gasteiger partial charge in [0.2, 0.25) is 0 Å². The van der Waals surface area contributed by atoms with Crippen molar-refractivity contribution in [2.45, 2.75) is 39.7 Å². The number of nitrogens with zero attached hydrogens (tertiary/aromatic N) is 2. The first-order valence-corrected chi connectivity index (χ1v) is 7.11. The highest BCUT2D eigenvalue weighted by atomic mass is 35.5. The molecular weight excluding hydrogens is 246 g/mol. The van der Waals surface area contributed by atoms with E-state index in [1.165, 1.54) is 19.3 Å². The third kappa shape index (κ3) is 2.47. The van der Waals surface area contributed by atoms with Gasteiger partial charge in [-0.1, -0.05) is 25.4 Å².